The number of nitro groups is 1. The summed E-state index contributed by atoms with van der Waals surface area (Å²) < 4.78 is 5.78. The lowest BCUT2D eigenvalue weighted by Gasteiger charge is -2.11. The number of hydrogen-bond donors (Lipinski definition) is 2. The minimum Gasteiger partial charge on any atom is -0.464 e. The van der Waals surface area contributed by atoms with Gasteiger partial charge in [0.25, 0.3) is 6.20 Å². The fourth-order valence-electron chi connectivity index (χ4n) is 1.97. The molecule has 0 amide bonds. The van der Waals surface area contributed by atoms with Crippen LogP contribution in [0.2, 0.25) is 0 Å². The normalized spacial score (nSPS) is 11.2. The highest BCUT2D eigenvalue weighted by Crippen LogP contribution is 2.16. The first-order valence-corrected chi connectivity index (χ1v) is 8.92. The predicted octanol–water partition coefficient (Wildman–Crippen LogP) is 2.02. The fraction of sp³-hybridized carbons (Fsp3) is 0.412. The summed E-state index contributed by atoms with van der Waals surface area (Å²) >= 11 is 1.68. The number of rotatable bonds is 13. The molecule has 0 spiro atoms. The van der Waals surface area contributed by atoms with E-state index in [4.69, 9.17) is 10.8 Å². The lowest BCUT2D eigenvalue weighted by atomic mass is 10.4. The van der Waals surface area contributed by atoms with Gasteiger partial charge in [-0.25, -0.2) is 0 Å². The Labute approximate surface area is 152 Å². The molecule has 1 aromatic rings. The Kier molecular flexibility index (Phi) is 9.97. The molecule has 0 aliphatic heterocycles. The van der Waals surface area contributed by atoms with Crippen LogP contribution in [0.4, 0.5) is 0 Å². The van der Waals surface area contributed by atoms with Crippen molar-refractivity contribution in [1.29, 1.82) is 0 Å². The molecule has 0 radical (unpaired) electrons. The van der Waals surface area contributed by atoms with Gasteiger partial charge in [-0.2, -0.15) is 11.8 Å². The van der Waals surface area contributed by atoms with Gasteiger partial charge in [0.1, 0.15) is 11.5 Å². The van der Waals surface area contributed by atoms with Gasteiger partial charge in [0.2, 0.25) is 0 Å². The molecule has 25 heavy (non-hydrogen) atoms. The third-order valence-electron chi connectivity index (χ3n) is 3.01. The van der Waals surface area contributed by atoms with Crippen molar-refractivity contribution < 1.29 is 9.34 Å². The Balaban J connectivity index is 2.28. The van der Waals surface area contributed by atoms with Crippen molar-refractivity contribution in [2.45, 2.75) is 12.3 Å². The zero-order chi connectivity index (χ0) is 18.5. The third-order valence-corrected chi connectivity index (χ3v) is 3.99. The summed E-state index contributed by atoms with van der Waals surface area (Å²) in [6.45, 7) is 6.08. The van der Waals surface area contributed by atoms with E-state index in [1.165, 1.54) is 0 Å². The summed E-state index contributed by atoms with van der Waals surface area (Å²) in [5.74, 6) is 6.06. The Morgan fingerprint density at radius 2 is 2.28 bits per heavy atom. The van der Waals surface area contributed by atoms with Crippen molar-refractivity contribution in [1.82, 2.24) is 15.5 Å². The van der Waals surface area contributed by atoms with Crippen LogP contribution in [0.3, 0.4) is 0 Å². The molecular formula is C17H24N4O3S. The van der Waals surface area contributed by atoms with Gasteiger partial charge in [0, 0.05) is 18.8 Å². The number of thioether (sulfide) groups is 1. The maximum Gasteiger partial charge on any atom is 0.274 e. The number of furan rings is 1. The average Bonchev–Trinajstić information content (AvgIpc) is 2.99. The minimum atomic E-state index is -0.521. The molecule has 8 heteroatoms. The summed E-state index contributed by atoms with van der Waals surface area (Å²) in [5, 5.41) is 16.3. The molecule has 0 saturated carbocycles. The maximum atomic E-state index is 10.5. The van der Waals surface area contributed by atoms with Gasteiger partial charge in [-0.05, 0) is 19.2 Å². The van der Waals surface area contributed by atoms with Crippen LogP contribution >= 0.6 is 11.8 Å². The maximum absolute atomic E-state index is 10.5. The molecule has 1 heterocycles. The van der Waals surface area contributed by atoms with Crippen molar-refractivity contribution in [3.05, 3.63) is 58.4 Å². The van der Waals surface area contributed by atoms with Crippen molar-refractivity contribution in [3.8, 4) is 12.3 Å². The van der Waals surface area contributed by atoms with E-state index in [0.29, 0.717) is 12.4 Å². The van der Waals surface area contributed by atoms with Gasteiger partial charge < -0.3 is 15.1 Å². The molecule has 2 N–H and O–H groups in total. The number of nitrogens with one attached hydrogen (secondary N) is 2. The van der Waals surface area contributed by atoms with E-state index in [1.807, 2.05) is 25.3 Å². The average molecular weight is 364 g/mol. The first-order valence-electron chi connectivity index (χ1n) is 7.76. The van der Waals surface area contributed by atoms with Crippen LogP contribution in [0.5, 0.6) is 0 Å². The number of hydrogen-bond acceptors (Lipinski definition) is 7. The van der Waals surface area contributed by atoms with Crippen molar-refractivity contribution >= 4 is 11.8 Å². The molecule has 0 aromatic carbocycles. The van der Waals surface area contributed by atoms with E-state index in [-0.39, 0.29) is 6.54 Å². The molecule has 1 rings (SSSR count). The molecule has 7 nitrogen and oxygen atoms in total. The molecule has 0 fully saturated rings. The molecular weight excluding hydrogens is 340 g/mol. The van der Waals surface area contributed by atoms with Gasteiger partial charge in [0.05, 0.1) is 23.8 Å². The van der Waals surface area contributed by atoms with E-state index in [2.05, 4.69) is 28.0 Å². The van der Waals surface area contributed by atoms with Crippen LogP contribution in [-0.2, 0) is 12.3 Å². The van der Waals surface area contributed by atoms with Crippen LogP contribution in [0.25, 0.3) is 0 Å². The highest BCUT2D eigenvalue weighted by atomic mass is 32.2. The van der Waals surface area contributed by atoms with Crippen molar-refractivity contribution in [2.75, 3.05) is 32.4 Å². The van der Waals surface area contributed by atoms with E-state index in [1.54, 1.807) is 11.8 Å². The molecule has 0 aliphatic carbocycles. The molecule has 1 aromatic heterocycles. The smallest absolute Gasteiger partial charge is 0.274 e. The molecule has 0 saturated heterocycles. The topological polar surface area (TPSA) is 83.6 Å². The second-order valence-corrected chi connectivity index (χ2v) is 6.32. The largest absolute Gasteiger partial charge is 0.464 e. The van der Waals surface area contributed by atoms with Gasteiger partial charge in [0.15, 0.2) is 5.82 Å². The van der Waals surface area contributed by atoms with Crippen molar-refractivity contribution in [3.63, 3.8) is 0 Å². The second kappa shape index (κ2) is 12.1. The number of nitrogens with zero attached hydrogens (tertiary/aromatic N) is 2. The predicted molar refractivity (Wildman–Crippen MR) is 101 cm³/mol. The van der Waals surface area contributed by atoms with Crippen LogP contribution in [0, 0.1) is 22.5 Å². The van der Waals surface area contributed by atoms with Crippen LogP contribution in [0.15, 0.2) is 41.2 Å². The summed E-state index contributed by atoms with van der Waals surface area (Å²) in [6, 6.07) is 3.96. The summed E-state index contributed by atoms with van der Waals surface area (Å²) in [5.41, 5.74) is 0. The van der Waals surface area contributed by atoms with E-state index >= 15 is 0 Å². The SMILES string of the molecule is C#CCN/C(=C/[N+](=O)[O-])NCCSCc1ccc(CN(C)CC=C)o1. The quantitative estimate of drug-likeness (QED) is 0.182. The first kappa shape index (κ1) is 20.7. The zero-order valence-corrected chi connectivity index (χ0v) is 15.2. The number of likely N-dealkylation sites (N-methyl/N-ethyl adjacent to an activating group) is 1. The standard InChI is InChI=1S/C17H24N4O3S/c1-4-8-18-17(13-21(22)23)19-9-11-25-14-16-7-6-15(24-16)12-20(3)10-5-2/h1,5-7,13,18-19H,2,8-12,14H2,3H3/b17-13-. The molecule has 0 bridgehead atoms. The Hall–Kier alpha value is -2.37. The minimum absolute atomic E-state index is 0.231. The summed E-state index contributed by atoms with van der Waals surface area (Å²) in [7, 11) is 2.01. The van der Waals surface area contributed by atoms with Gasteiger partial charge in [-0.1, -0.05) is 12.0 Å². The van der Waals surface area contributed by atoms with Crippen molar-refractivity contribution in [2.24, 2.45) is 0 Å². The van der Waals surface area contributed by atoms with Gasteiger partial charge in [-0.3, -0.25) is 15.0 Å². The van der Waals surface area contributed by atoms with Gasteiger partial charge in [-0.15, -0.1) is 13.0 Å². The molecule has 0 atom stereocenters. The Morgan fingerprint density at radius 3 is 2.96 bits per heavy atom. The summed E-state index contributed by atoms with van der Waals surface area (Å²) in [6.07, 6.45) is 7.87. The summed E-state index contributed by atoms with van der Waals surface area (Å²) in [4.78, 5) is 12.1. The number of terminal acetylenes is 1. The molecule has 0 aliphatic rings. The molecule has 136 valence electrons. The first-order chi connectivity index (χ1) is 12.0. The van der Waals surface area contributed by atoms with E-state index in [0.717, 1.165) is 42.3 Å². The van der Waals surface area contributed by atoms with Crippen LogP contribution in [0.1, 0.15) is 11.5 Å². The second-order valence-electron chi connectivity index (χ2n) is 5.22. The Morgan fingerprint density at radius 1 is 1.52 bits per heavy atom. The van der Waals surface area contributed by atoms with Gasteiger partial charge >= 0.3 is 0 Å². The van der Waals surface area contributed by atoms with E-state index < -0.39 is 4.92 Å². The van der Waals surface area contributed by atoms with Crippen LogP contribution in [-0.4, -0.2) is 42.3 Å². The monoisotopic (exact) mass is 364 g/mol. The van der Waals surface area contributed by atoms with E-state index in [9.17, 15) is 10.1 Å². The zero-order valence-electron chi connectivity index (χ0n) is 14.4. The third kappa shape index (κ3) is 9.49. The van der Waals surface area contributed by atoms with Crippen LogP contribution < -0.4 is 10.6 Å². The Bertz CT molecular complexity index is 622. The lowest BCUT2D eigenvalue weighted by Crippen LogP contribution is -2.29. The highest BCUT2D eigenvalue weighted by molar-refractivity contribution is 7.98. The fourth-order valence-corrected chi connectivity index (χ4v) is 2.72. The lowest BCUT2D eigenvalue weighted by molar-refractivity contribution is -0.404. The molecule has 0 unspecified atom stereocenters. The highest BCUT2D eigenvalue weighted by Gasteiger charge is 2.05.